The number of rotatable bonds is 5. The molecule has 0 atom stereocenters. The summed E-state index contributed by atoms with van der Waals surface area (Å²) >= 11 is 0. The molecule has 1 fully saturated rings. The predicted molar refractivity (Wildman–Crippen MR) is 86.2 cm³/mol. The first-order valence-corrected chi connectivity index (χ1v) is 7.78. The Morgan fingerprint density at radius 3 is 2.50 bits per heavy atom. The lowest BCUT2D eigenvalue weighted by Gasteiger charge is -2.31. The van der Waals surface area contributed by atoms with E-state index in [1.165, 1.54) is 24.8 Å². The molecule has 0 aliphatic heterocycles. The fourth-order valence-corrected chi connectivity index (χ4v) is 2.49. The molecule has 3 nitrogen and oxygen atoms in total. The van der Waals surface area contributed by atoms with Crippen molar-refractivity contribution in [2.24, 2.45) is 5.92 Å². The van der Waals surface area contributed by atoms with Gasteiger partial charge in [-0.3, -0.25) is 0 Å². The van der Waals surface area contributed by atoms with Crippen LogP contribution in [0.15, 0.2) is 12.1 Å². The van der Waals surface area contributed by atoms with Gasteiger partial charge in [0.2, 0.25) is 0 Å². The van der Waals surface area contributed by atoms with E-state index in [4.69, 9.17) is 4.98 Å². The van der Waals surface area contributed by atoms with Crippen molar-refractivity contribution in [3.63, 3.8) is 0 Å². The van der Waals surface area contributed by atoms with Crippen LogP contribution in [0.25, 0.3) is 0 Å². The molecule has 0 aromatic carbocycles. The maximum Gasteiger partial charge on any atom is 0.128 e. The van der Waals surface area contributed by atoms with Crippen LogP contribution in [0, 0.1) is 12.8 Å². The van der Waals surface area contributed by atoms with E-state index in [9.17, 15) is 0 Å². The van der Waals surface area contributed by atoms with E-state index >= 15 is 0 Å². The maximum atomic E-state index is 4.77. The lowest BCUT2D eigenvalue weighted by molar-refractivity contribution is 0.321. The van der Waals surface area contributed by atoms with Crippen LogP contribution in [0.1, 0.15) is 51.3 Å². The second kappa shape index (κ2) is 6.13. The minimum absolute atomic E-state index is 0.145. The molecule has 1 aliphatic carbocycles. The Labute approximate surface area is 123 Å². The van der Waals surface area contributed by atoms with Gasteiger partial charge in [-0.15, -0.1) is 0 Å². The number of aryl methyl sites for hydroxylation is 1. The standard InChI is InChI=1S/C17H29N3/c1-13-15(11-18-17(2,3)4)9-10-16(19-13)20(5)12-14-7-6-8-14/h9-10,14,18H,6-8,11-12H2,1-5H3. The molecule has 1 saturated carbocycles. The smallest absolute Gasteiger partial charge is 0.128 e. The predicted octanol–water partition coefficient (Wildman–Crippen LogP) is 3.51. The molecule has 2 rings (SSSR count). The molecule has 0 amide bonds. The Morgan fingerprint density at radius 1 is 1.30 bits per heavy atom. The van der Waals surface area contributed by atoms with Crippen molar-refractivity contribution in [1.82, 2.24) is 10.3 Å². The van der Waals surface area contributed by atoms with Crippen molar-refractivity contribution in [2.75, 3.05) is 18.5 Å². The molecule has 0 unspecified atom stereocenters. The topological polar surface area (TPSA) is 28.2 Å². The SMILES string of the molecule is Cc1nc(N(C)CC2CCC2)ccc1CNC(C)(C)C. The van der Waals surface area contributed by atoms with E-state index in [1.54, 1.807) is 0 Å². The molecule has 1 aliphatic rings. The second-order valence-corrected chi connectivity index (χ2v) is 7.19. The van der Waals surface area contributed by atoms with E-state index in [0.717, 1.165) is 30.5 Å². The van der Waals surface area contributed by atoms with Gasteiger partial charge in [0.25, 0.3) is 0 Å². The first kappa shape index (κ1) is 15.3. The number of hydrogen-bond donors (Lipinski definition) is 1. The molecular weight excluding hydrogens is 246 g/mol. The quantitative estimate of drug-likeness (QED) is 0.891. The van der Waals surface area contributed by atoms with Crippen molar-refractivity contribution in [2.45, 2.75) is 59.0 Å². The summed E-state index contributed by atoms with van der Waals surface area (Å²) in [5.74, 6) is 1.98. The van der Waals surface area contributed by atoms with Gasteiger partial charge < -0.3 is 10.2 Å². The first-order valence-electron chi connectivity index (χ1n) is 7.78. The van der Waals surface area contributed by atoms with Crippen molar-refractivity contribution in [3.8, 4) is 0 Å². The van der Waals surface area contributed by atoms with Gasteiger partial charge in [-0.2, -0.15) is 0 Å². The summed E-state index contributed by atoms with van der Waals surface area (Å²) in [6, 6.07) is 4.37. The zero-order valence-corrected chi connectivity index (χ0v) is 13.7. The summed E-state index contributed by atoms with van der Waals surface area (Å²) in [6.45, 7) is 10.7. The minimum atomic E-state index is 0.145. The third-order valence-corrected chi connectivity index (χ3v) is 4.14. The van der Waals surface area contributed by atoms with Crippen molar-refractivity contribution in [1.29, 1.82) is 0 Å². The fourth-order valence-electron chi connectivity index (χ4n) is 2.49. The summed E-state index contributed by atoms with van der Waals surface area (Å²) in [5, 5.41) is 3.52. The van der Waals surface area contributed by atoms with E-state index in [1.807, 2.05) is 0 Å². The highest BCUT2D eigenvalue weighted by Crippen LogP contribution is 2.28. The summed E-state index contributed by atoms with van der Waals surface area (Å²) in [5.41, 5.74) is 2.58. The van der Waals surface area contributed by atoms with Gasteiger partial charge in [0.15, 0.2) is 0 Å². The van der Waals surface area contributed by atoms with Crippen LogP contribution in [0.5, 0.6) is 0 Å². The Bertz CT molecular complexity index is 444. The van der Waals surface area contributed by atoms with Crippen molar-refractivity contribution >= 4 is 5.82 Å². The summed E-state index contributed by atoms with van der Waals surface area (Å²) in [6.07, 6.45) is 4.18. The average Bonchev–Trinajstić information content (AvgIpc) is 2.30. The number of nitrogens with one attached hydrogen (secondary N) is 1. The maximum absolute atomic E-state index is 4.77. The molecule has 1 aromatic heterocycles. The largest absolute Gasteiger partial charge is 0.359 e. The molecule has 0 saturated heterocycles. The van der Waals surface area contributed by atoms with E-state index in [-0.39, 0.29) is 5.54 Å². The Morgan fingerprint density at radius 2 is 2.00 bits per heavy atom. The molecule has 0 bridgehead atoms. The van der Waals surface area contributed by atoms with Crippen LogP contribution < -0.4 is 10.2 Å². The highest BCUT2D eigenvalue weighted by Gasteiger charge is 2.20. The van der Waals surface area contributed by atoms with Crippen molar-refractivity contribution in [3.05, 3.63) is 23.4 Å². The van der Waals surface area contributed by atoms with E-state index < -0.39 is 0 Å². The first-order chi connectivity index (χ1) is 9.35. The van der Waals surface area contributed by atoms with Gasteiger partial charge in [-0.1, -0.05) is 12.5 Å². The zero-order valence-electron chi connectivity index (χ0n) is 13.7. The normalized spacial score (nSPS) is 16.1. The molecule has 20 heavy (non-hydrogen) atoms. The molecule has 3 heteroatoms. The highest BCUT2D eigenvalue weighted by atomic mass is 15.2. The van der Waals surface area contributed by atoms with Gasteiger partial charge in [0.1, 0.15) is 5.82 Å². The Kier molecular flexibility index (Phi) is 4.69. The third-order valence-electron chi connectivity index (χ3n) is 4.14. The lowest BCUT2D eigenvalue weighted by Crippen LogP contribution is -2.35. The van der Waals surface area contributed by atoms with Crippen LogP contribution in [-0.4, -0.2) is 24.1 Å². The highest BCUT2D eigenvalue weighted by molar-refractivity contribution is 5.41. The van der Waals surface area contributed by atoms with Gasteiger partial charge in [0, 0.05) is 31.4 Å². The molecule has 0 radical (unpaired) electrons. The Hall–Kier alpha value is -1.09. The molecule has 1 N–H and O–H groups in total. The van der Waals surface area contributed by atoms with Crippen LogP contribution in [0.3, 0.4) is 0 Å². The number of aromatic nitrogens is 1. The van der Waals surface area contributed by atoms with Gasteiger partial charge in [0.05, 0.1) is 0 Å². The molecular formula is C17H29N3. The number of nitrogens with zero attached hydrogens (tertiary/aromatic N) is 2. The molecule has 112 valence electrons. The fraction of sp³-hybridized carbons (Fsp3) is 0.706. The third kappa shape index (κ3) is 4.20. The van der Waals surface area contributed by atoms with E-state index in [0.29, 0.717) is 0 Å². The van der Waals surface area contributed by atoms with Gasteiger partial charge >= 0.3 is 0 Å². The van der Waals surface area contributed by atoms with Crippen LogP contribution in [0.2, 0.25) is 0 Å². The van der Waals surface area contributed by atoms with Crippen LogP contribution in [0.4, 0.5) is 5.82 Å². The molecule has 0 spiro atoms. The molecule has 1 aromatic rings. The summed E-state index contributed by atoms with van der Waals surface area (Å²) < 4.78 is 0. The van der Waals surface area contributed by atoms with Crippen molar-refractivity contribution < 1.29 is 0 Å². The number of pyridine rings is 1. The monoisotopic (exact) mass is 275 g/mol. The zero-order chi connectivity index (χ0) is 14.8. The number of anilines is 1. The van der Waals surface area contributed by atoms with Gasteiger partial charge in [-0.05, 0) is 58.1 Å². The van der Waals surface area contributed by atoms with E-state index in [2.05, 4.69) is 57.1 Å². The van der Waals surface area contributed by atoms with Gasteiger partial charge in [-0.25, -0.2) is 4.98 Å². The van der Waals surface area contributed by atoms with Crippen LogP contribution in [-0.2, 0) is 6.54 Å². The lowest BCUT2D eigenvalue weighted by atomic mass is 9.85. The minimum Gasteiger partial charge on any atom is -0.359 e. The summed E-state index contributed by atoms with van der Waals surface area (Å²) in [4.78, 5) is 7.07. The molecule has 1 heterocycles. The summed E-state index contributed by atoms with van der Waals surface area (Å²) in [7, 11) is 2.16. The average molecular weight is 275 g/mol. The number of hydrogen-bond acceptors (Lipinski definition) is 3. The second-order valence-electron chi connectivity index (χ2n) is 7.19. The Balaban J connectivity index is 1.97. The van der Waals surface area contributed by atoms with Crippen LogP contribution >= 0.6 is 0 Å².